The summed E-state index contributed by atoms with van der Waals surface area (Å²) in [5.74, 6) is 0.622. The zero-order chi connectivity index (χ0) is 12.6. The zero-order valence-corrected chi connectivity index (χ0v) is 10.7. The Morgan fingerprint density at radius 3 is 2.47 bits per heavy atom. The van der Waals surface area contributed by atoms with Crippen molar-refractivity contribution in [2.75, 3.05) is 13.7 Å². The van der Waals surface area contributed by atoms with E-state index in [1.54, 1.807) is 7.11 Å². The predicted octanol–water partition coefficient (Wildman–Crippen LogP) is 2.95. The summed E-state index contributed by atoms with van der Waals surface area (Å²) in [6, 6.07) is 3.44. The molecule has 1 aliphatic rings. The summed E-state index contributed by atoms with van der Waals surface area (Å²) in [5.41, 5.74) is 7.70. The van der Waals surface area contributed by atoms with E-state index in [1.807, 2.05) is 19.9 Å². The molecule has 2 N–H and O–H groups in total. The second-order valence-electron chi connectivity index (χ2n) is 5.21. The molecule has 0 radical (unpaired) electrons. The molecular weight excluding hydrogens is 217 g/mol. The third-order valence-corrected chi connectivity index (χ3v) is 3.76. The van der Waals surface area contributed by atoms with Crippen molar-refractivity contribution in [1.82, 2.24) is 0 Å². The van der Waals surface area contributed by atoms with Crippen molar-refractivity contribution in [3.8, 4) is 5.75 Å². The van der Waals surface area contributed by atoms with Gasteiger partial charge < -0.3 is 10.5 Å². The van der Waals surface area contributed by atoms with E-state index in [4.69, 9.17) is 10.5 Å². The van der Waals surface area contributed by atoms with Crippen molar-refractivity contribution in [2.45, 2.75) is 38.0 Å². The number of rotatable bonds is 4. The van der Waals surface area contributed by atoms with Gasteiger partial charge in [0, 0.05) is 23.6 Å². The van der Waals surface area contributed by atoms with E-state index in [-0.39, 0.29) is 17.2 Å². The number of ether oxygens (including phenoxy) is 1. The van der Waals surface area contributed by atoms with Gasteiger partial charge in [-0.1, -0.05) is 13.8 Å². The molecule has 0 aliphatic heterocycles. The molecule has 0 atom stereocenters. The van der Waals surface area contributed by atoms with Gasteiger partial charge in [0.25, 0.3) is 0 Å². The first-order valence-electron chi connectivity index (χ1n) is 6.12. The summed E-state index contributed by atoms with van der Waals surface area (Å²) in [6.45, 7) is 4.60. The molecule has 0 aromatic heterocycles. The van der Waals surface area contributed by atoms with Crippen LogP contribution < -0.4 is 10.5 Å². The van der Waals surface area contributed by atoms with Gasteiger partial charge in [-0.2, -0.15) is 0 Å². The van der Waals surface area contributed by atoms with Crippen LogP contribution in [0.1, 0.15) is 43.7 Å². The van der Waals surface area contributed by atoms with Crippen molar-refractivity contribution in [3.05, 3.63) is 29.1 Å². The molecule has 1 saturated carbocycles. The molecule has 1 aliphatic carbocycles. The number of halogens is 1. The van der Waals surface area contributed by atoms with E-state index < -0.39 is 0 Å². The van der Waals surface area contributed by atoms with Gasteiger partial charge in [-0.3, -0.25) is 0 Å². The Morgan fingerprint density at radius 1 is 1.41 bits per heavy atom. The minimum atomic E-state index is -0.187. The van der Waals surface area contributed by atoms with Crippen molar-refractivity contribution in [3.63, 3.8) is 0 Å². The fourth-order valence-electron chi connectivity index (χ4n) is 2.33. The molecule has 17 heavy (non-hydrogen) atoms. The van der Waals surface area contributed by atoms with Gasteiger partial charge in [0.05, 0.1) is 7.11 Å². The molecule has 2 nitrogen and oxygen atoms in total. The van der Waals surface area contributed by atoms with Crippen LogP contribution >= 0.6 is 0 Å². The maximum Gasteiger partial charge on any atom is 0.130 e. The van der Waals surface area contributed by atoms with Gasteiger partial charge in [0.15, 0.2) is 0 Å². The molecule has 0 bridgehead atoms. The summed E-state index contributed by atoms with van der Waals surface area (Å²) < 4.78 is 19.2. The molecule has 0 saturated heterocycles. The Bertz CT molecular complexity index is 424. The minimum absolute atomic E-state index is 0.0304. The molecule has 2 rings (SSSR count). The van der Waals surface area contributed by atoms with Gasteiger partial charge in [0.1, 0.15) is 11.6 Å². The number of benzene rings is 1. The molecule has 1 aromatic carbocycles. The molecule has 0 unspecified atom stereocenters. The highest BCUT2D eigenvalue weighted by molar-refractivity contribution is 5.47. The molecule has 1 fully saturated rings. The number of hydrogen-bond donors (Lipinski definition) is 1. The highest BCUT2D eigenvalue weighted by Gasteiger charge is 2.45. The molecular formula is C14H20FNO. The van der Waals surface area contributed by atoms with Crippen molar-refractivity contribution < 1.29 is 9.13 Å². The Morgan fingerprint density at radius 2 is 2.06 bits per heavy atom. The van der Waals surface area contributed by atoms with Crippen LogP contribution in [0.3, 0.4) is 0 Å². The van der Waals surface area contributed by atoms with Crippen LogP contribution in [0.5, 0.6) is 5.75 Å². The smallest absolute Gasteiger partial charge is 0.130 e. The molecule has 3 heteroatoms. The van der Waals surface area contributed by atoms with Gasteiger partial charge in [-0.25, -0.2) is 4.39 Å². The van der Waals surface area contributed by atoms with Crippen molar-refractivity contribution >= 4 is 0 Å². The summed E-state index contributed by atoms with van der Waals surface area (Å²) >= 11 is 0. The van der Waals surface area contributed by atoms with E-state index in [2.05, 4.69) is 0 Å². The van der Waals surface area contributed by atoms with Gasteiger partial charge in [-0.05, 0) is 30.4 Å². The topological polar surface area (TPSA) is 35.2 Å². The van der Waals surface area contributed by atoms with Gasteiger partial charge in [0.2, 0.25) is 0 Å². The van der Waals surface area contributed by atoms with Crippen LogP contribution in [-0.2, 0) is 5.41 Å². The molecule has 0 spiro atoms. The Hall–Kier alpha value is -1.09. The SMILES string of the molecule is COc1cc(F)c(C(C)C)cc1C1(CN)CC1. The maximum absolute atomic E-state index is 13.9. The second-order valence-corrected chi connectivity index (χ2v) is 5.21. The van der Waals surface area contributed by atoms with E-state index in [0.717, 1.165) is 24.0 Å². The lowest BCUT2D eigenvalue weighted by Crippen LogP contribution is -2.21. The summed E-state index contributed by atoms with van der Waals surface area (Å²) in [6.07, 6.45) is 2.14. The maximum atomic E-state index is 13.9. The van der Waals surface area contributed by atoms with Crippen LogP contribution in [0, 0.1) is 5.82 Å². The zero-order valence-electron chi connectivity index (χ0n) is 10.7. The van der Waals surface area contributed by atoms with Crippen LogP contribution in [0.4, 0.5) is 4.39 Å². The third kappa shape index (κ3) is 2.04. The number of hydrogen-bond acceptors (Lipinski definition) is 2. The van der Waals surface area contributed by atoms with E-state index in [0.29, 0.717) is 12.3 Å². The second kappa shape index (κ2) is 4.30. The first-order valence-corrected chi connectivity index (χ1v) is 6.12. The quantitative estimate of drug-likeness (QED) is 0.873. The normalized spacial score (nSPS) is 17.3. The van der Waals surface area contributed by atoms with E-state index >= 15 is 0 Å². The molecule has 0 amide bonds. The van der Waals surface area contributed by atoms with Crippen LogP contribution in [-0.4, -0.2) is 13.7 Å². The first kappa shape index (κ1) is 12.4. The Balaban J connectivity index is 2.53. The molecule has 1 aromatic rings. The lowest BCUT2D eigenvalue weighted by Gasteiger charge is -2.20. The van der Waals surface area contributed by atoms with Gasteiger partial charge >= 0.3 is 0 Å². The summed E-state index contributed by atoms with van der Waals surface area (Å²) in [5, 5.41) is 0. The number of nitrogens with two attached hydrogens (primary N) is 1. The third-order valence-electron chi connectivity index (χ3n) is 3.76. The lowest BCUT2D eigenvalue weighted by atomic mass is 9.90. The average molecular weight is 237 g/mol. The van der Waals surface area contributed by atoms with Crippen molar-refractivity contribution in [1.29, 1.82) is 0 Å². The standard InChI is InChI=1S/C14H20FNO/c1-9(2)10-6-11(14(8-16)4-5-14)13(17-3)7-12(10)15/h6-7,9H,4-5,8,16H2,1-3H3. The largest absolute Gasteiger partial charge is 0.496 e. The van der Waals surface area contributed by atoms with Crippen LogP contribution in [0.25, 0.3) is 0 Å². The summed E-state index contributed by atoms with van der Waals surface area (Å²) in [7, 11) is 1.58. The predicted molar refractivity (Wildman–Crippen MR) is 67.0 cm³/mol. The van der Waals surface area contributed by atoms with E-state index in [1.165, 1.54) is 6.07 Å². The van der Waals surface area contributed by atoms with Crippen LogP contribution in [0.2, 0.25) is 0 Å². The molecule has 0 heterocycles. The molecule has 94 valence electrons. The fraction of sp³-hybridized carbons (Fsp3) is 0.571. The van der Waals surface area contributed by atoms with E-state index in [9.17, 15) is 4.39 Å². The van der Waals surface area contributed by atoms with Crippen LogP contribution in [0.15, 0.2) is 12.1 Å². The highest BCUT2D eigenvalue weighted by atomic mass is 19.1. The number of methoxy groups -OCH3 is 1. The first-order chi connectivity index (χ1) is 8.04. The lowest BCUT2D eigenvalue weighted by molar-refractivity contribution is 0.399. The fourth-order valence-corrected chi connectivity index (χ4v) is 2.33. The minimum Gasteiger partial charge on any atom is -0.496 e. The average Bonchev–Trinajstić information content (AvgIpc) is 3.09. The Labute approximate surface area is 102 Å². The monoisotopic (exact) mass is 237 g/mol. The summed E-state index contributed by atoms with van der Waals surface area (Å²) in [4.78, 5) is 0. The Kier molecular flexibility index (Phi) is 3.13. The van der Waals surface area contributed by atoms with Gasteiger partial charge in [-0.15, -0.1) is 0 Å². The van der Waals surface area contributed by atoms with Crippen molar-refractivity contribution in [2.24, 2.45) is 5.73 Å². The highest BCUT2D eigenvalue weighted by Crippen LogP contribution is 2.51.